The van der Waals surface area contributed by atoms with Crippen molar-refractivity contribution in [1.29, 1.82) is 0 Å². The predicted octanol–water partition coefficient (Wildman–Crippen LogP) is 2.46. The van der Waals surface area contributed by atoms with Crippen LogP contribution in [0.25, 0.3) is 0 Å². The smallest absolute Gasteiger partial charge is 0.264 e. The molecule has 122 valence electrons. The molecule has 0 spiro atoms. The summed E-state index contributed by atoms with van der Waals surface area (Å²) < 4.78 is 34.0. The Morgan fingerprint density at radius 1 is 1.38 bits per heavy atom. The van der Waals surface area contributed by atoms with Gasteiger partial charge in [-0.15, -0.1) is 0 Å². The van der Waals surface area contributed by atoms with Crippen molar-refractivity contribution in [3.63, 3.8) is 0 Å². The summed E-state index contributed by atoms with van der Waals surface area (Å²) in [6, 6.07) is 0. The van der Waals surface area contributed by atoms with Crippen LogP contribution in [0, 0.1) is 5.92 Å². The van der Waals surface area contributed by atoms with Gasteiger partial charge in [-0.2, -0.15) is 8.42 Å². The Hall–Kier alpha value is -0.720. The highest BCUT2D eigenvalue weighted by Crippen LogP contribution is 2.31. The molecule has 1 aliphatic carbocycles. The minimum atomic E-state index is -3.56. The predicted molar refractivity (Wildman–Crippen MR) is 81.5 cm³/mol. The van der Waals surface area contributed by atoms with Gasteiger partial charge in [-0.3, -0.25) is 8.98 Å². The van der Waals surface area contributed by atoms with Crippen LogP contribution < -0.4 is 0 Å². The van der Waals surface area contributed by atoms with E-state index in [0.717, 1.165) is 19.1 Å². The molecule has 0 N–H and O–H groups in total. The van der Waals surface area contributed by atoms with Gasteiger partial charge in [0.25, 0.3) is 10.1 Å². The average molecular weight is 318 g/mol. The van der Waals surface area contributed by atoms with E-state index in [1.54, 1.807) is 0 Å². The van der Waals surface area contributed by atoms with Crippen LogP contribution >= 0.6 is 0 Å². The number of ether oxygens (including phenoxy) is 1. The molecule has 0 aromatic rings. The molecule has 1 rings (SSSR count). The number of hydrogen-bond acceptors (Lipinski definition) is 5. The van der Waals surface area contributed by atoms with Gasteiger partial charge in [-0.1, -0.05) is 20.8 Å². The monoisotopic (exact) mass is 318 g/mol. The van der Waals surface area contributed by atoms with Crippen molar-refractivity contribution in [2.75, 3.05) is 6.26 Å². The topological polar surface area (TPSA) is 69.7 Å². The van der Waals surface area contributed by atoms with Crippen molar-refractivity contribution in [1.82, 2.24) is 0 Å². The van der Waals surface area contributed by atoms with Gasteiger partial charge < -0.3 is 4.74 Å². The van der Waals surface area contributed by atoms with E-state index >= 15 is 0 Å². The van der Waals surface area contributed by atoms with Gasteiger partial charge in [0.2, 0.25) is 0 Å². The lowest BCUT2D eigenvalue weighted by molar-refractivity contribution is -0.114. The second-order valence-electron chi connectivity index (χ2n) is 5.69. The molecule has 0 unspecified atom stereocenters. The molecular weight excluding hydrogens is 292 g/mol. The Balaban J connectivity index is 2.98. The first-order valence-electron chi connectivity index (χ1n) is 7.43. The molecule has 0 aromatic heterocycles. The van der Waals surface area contributed by atoms with E-state index < -0.39 is 16.2 Å². The highest BCUT2D eigenvalue weighted by molar-refractivity contribution is 7.86. The fraction of sp³-hybridized carbons (Fsp3) is 0.800. The Labute approximate surface area is 127 Å². The SMILES string of the molecule is CCC(CC)O[C@@H]1C=C(C(C)=O)C[C@@H](OS(C)(=O)=O)[C@H]1C. The van der Waals surface area contributed by atoms with Crippen LogP contribution in [0.3, 0.4) is 0 Å². The largest absolute Gasteiger partial charge is 0.371 e. The lowest BCUT2D eigenvalue weighted by Gasteiger charge is -2.35. The third-order valence-corrected chi connectivity index (χ3v) is 4.50. The molecule has 0 amide bonds. The first-order chi connectivity index (χ1) is 9.67. The zero-order valence-corrected chi connectivity index (χ0v) is 14.3. The van der Waals surface area contributed by atoms with E-state index in [-0.39, 0.29) is 23.9 Å². The van der Waals surface area contributed by atoms with Gasteiger partial charge in [0.1, 0.15) is 0 Å². The third-order valence-electron chi connectivity index (χ3n) is 3.90. The molecule has 3 atom stereocenters. The van der Waals surface area contributed by atoms with Crippen LogP contribution in [0.5, 0.6) is 0 Å². The summed E-state index contributed by atoms with van der Waals surface area (Å²) in [5.74, 6) is -0.189. The first kappa shape index (κ1) is 18.3. The zero-order valence-electron chi connectivity index (χ0n) is 13.5. The molecule has 0 aromatic carbocycles. The van der Waals surface area contributed by atoms with Gasteiger partial charge >= 0.3 is 0 Å². The zero-order chi connectivity index (χ0) is 16.2. The van der Waals surface area contributed by atoms with Crippen LogP contribution in [0.1, 0.15) is 47.0 Å². The molecule has 5 nitrogen and oxygen atoms in total. The fourth-order valence-corrected chi connectivity index (χ4v) is 3.20. The number of carbonyl (C=O) groups excluding carboxylic acids is 1. The van der Waals surface area contributed by atoms with E-state index in [2.05, 4.69) is 0 Å². The van der Waals surface area contributed by atoms with Crippen molar-refractivity contribution < 1.29 is 22.1 Å². The van der Waals surface area contributed by atoms with E-state index in [9.17, 15) is 13.2 Å². The molecule has 0 saturated heterocycles. The van der Waals surface area contributed by atoms with Crippen molar-refractivity contribution in [2.24, 2.45) is 5.92 Å². The van der Waals surface area contributed by atoms with Crippen molar-refractivity contribution in [2.45, 2.75) is 65.3 Å². The number of hydrogen-bond donors (Lipinski definition) is 0. The molecule has 1 aliphatic rings. The molecule has 21 heavy (non-hydrogen) atoms. The standard InChI is InChI=1S/C15H26O5S/c1-6-13(7-2)19-14-8-12(11(4)16)9-15(10(14)3)20-21(5,17)18/h8,10,13-15H,6-7,9H2,1-5H3/t10-,14+,15+/m0/s1. The average Bonchev–Trinajstić information content (AvgIpc) is 2.37. The highest BCUT2D eigenvalue weighted by Gasteiger charge is 2.35. The Kier molecular flexibility index (Phi) is 6.56. The summed E-state index contributed by atoms with van der Waals surface area (Å²) in [4.78, 5) is 11.7. The number of ketones is 1. The van der Waals surface area contributed by atoms with Crippen LogP contribution in [-0.4, -0.2) is 38.8 Å². The lowest BCUT2D eigenvalue weighted by atomic mass is 9.84. The summed E-state index contributed by atoms with van der Waals surface area (Å²) in [7, 11) is -3.56. The molecule has 0 fully saturated rings. The van der Waals surface area contributed by atoms with Gasteiger partial charge in [0.15, 0.2) is 5.78 Å². The third kappa shape index (κ3) is 5.52. The molecule has 0 aliphatic heterocycles. The maximum Gasteiger partial charge on any atom is 0.264 e. The van der Waals surface area contributed by atoms with E-state index in [0.29, 0.717) is 12.0 Å². The van der Waals surface area contributed by atoms with E-state index in [1.165, 1.54) is 6.92 Å². The van der Waals surface area contributed by atoms with Crippen LogP contribution in [0.4, 0.5) is 0 Å². The van der Waals surface area contributed by atoms with Crippen LogP contribution in [-0.2, 0) is 23.8 Å². The molecule has 6 heteroatoms. The minimum absolute atomic E-state index is 0.0675. The lowest BCUT2D eigenvalue weighted by Crippen LogP contribution is -2.40. The van der Waals surface area contributed by atoms with E-state index in [4.69, 9.17) is 8.92 Å². The molecule has 0 heterocycles. The van der Waals surface area contributed by atoms with Gasteiger partial charge in [0.05, 0.1) is 24.6 Å². The van der Waals surface area contributed by atoms with Crippen LogP contribution in [0.2, 0.25) is 0 Å². The normalized spacial score (nSPS) is 26.8. The Morgan fingerprint density at radius 2 is 1.95 bits per heavy atom. The summed E-state index contributed by atoms with van der Waals surface area (Å²) >= 11 is 0. The molecular formula is C15H26O5S. The summed E-state index contributed by atoms with van der Waals surface area (Å²) in [5, 5.41) is 0. The number of Topliss-reactive ketones (excluding diaryl/α,β-unsaturated/α-hetero) is 1. The number of rotatable bonds is 7. The van der Waals surface area contributed by atoms with E-state index in [1.807, 2.05) is 26.8 Å². The van der Waals surface area contributed by atoms with Crippen molar-refractivity contribution in [3.8, 4) is 0 Å². The second kappa shape index (κ2) is 7.51. The maximum absolute atomic E-state index is 11.7. The highest BCUT2D eigenvalue weighted by atomic mass is 32.2. The first-order valence-corrected chi connectivity index (χ1v) is 9.24. The second-order valence-corrected chi connectivity index (χ2v) is 7.29. The Morgan fingerprint density at radius 3 is 2.38 bits per heavy atom. The molecule has 0 radical (unpaired) electrons. The minimum Gasteiger partial charge on any atom is -0.371 e. The summed E-state index contributed by atoms with van der Waals surface area (Å²) in [5.41, 5.74) is 0.581. The summed E-state index contributed by atoms with van der Waals surface area (Å²) in [6.45, 7) is 7.47. The van der Waals surface area contributed by atoms with Gasteiger partial charge in [-0.05, 0) is 31.4 Å². The molecule has 0 bridgehead atoms. The number of carbonyl (C=O) groups is 1. The van der Waals surface area contributed by atoms with Gasteiger partial charge in [0, 0.05) is 12.3 Å². The van der Waals surface area contributed by atoms with Crippen molar-refractivity contribution in [3.05, 3.63) is 11.6 Å². The Bertz CT molecular complexity index is 490. The summed E-state index contributed by atoms with van der Waals surface area (Å²) in [6.07, 6.45) is 4.17. The molecule has 0 saturated carbocycles. The quantitative estimate of drug-likeness (QED) is 0.674. The van der Waals surface area contributed by atoms with Crippen molar-refractivity contribution >= 4 is 15.9 Å². The fourth-order valence-electron chi connectivity index (χ4n) is 2.51. The van der Waals surface area contributed by atoms with Crippen LogP contribution in [0.15, 0.2) is 11.6 Å². The maximum atomic E-state index is 11.7. The van der Waals surface area contributed by atoms with Gasteiger partial charge in [-0.25, -0.2) is 0 Å².